The zero-order valence-corrected chi connectivity index (χ0v) is 14.4. The Balaban J connectivity index is 2.25. The van der Waals surface area contributed by atoms with Crippen LogP contribution in [0.5, 0.6) is 0 Å². The molecule has 0 fully saturated rings. The van der Waals surface area contributed by atoms with Crippen LogP contribution in [0, 0.1) is 5.92 Å². The molecule has 0 saturated heterocycles. The van der Waals surface area contributed by atoms with Crippen molar-refractivity contribution in [1.82, 2.24) is 0 Å². The maximum Gasteiger partial charge on any atom is 0.224 e. The number of nitrogens with one attached hydrogen (secondary N) is 1. The number of para-hydroxylation sites is 1. The number of carbonyl (C=O) groups excluding carboxylic acids is 1. The summed E-state index contributed by atoms with van der Waals surface area (Å²) >= 11 is 0. The first-order chi connectivity index (χ1) is 10.8. The lowest BCUT2D eigenvalue weighted by molar-refractivity contribution is -0.117. The molecule has 0 radical (unpaired) electrons. The number of unbranched alkanes of at least 4 members (excludes halogenated alkanes) is 5. The lowest BCUT2D eigenvalue weighted by Gasteiger charge is -2.16. The molecule has 0 aliphatic carbocycles. The number of rotatable bonds is 12. The summed E-state index contributed by atoms with van der Waals surface area (Å²) in [4.78, 5) is 12.2. The highest BCUT2D eigenvalue weighted by Gasteiger charge is 2.13. The summed E-state index contributed by atoms with van der Waals surface area (Å²) in [5.74, 6) is 0.704. The Morgan fingerprint density at radius 2 is 1.59 bits per heavy atom. The highest BCUT2D eigenvalue weighted by atomic mass is 16.1. The third-order valence-electron chi connectivity index (χ3n) is 4.19. The fraction of sp³-hybridized carbons (Fsp3) is 0.650. The van der Waals surface area contributed by atoms with Crippen LogP contribution in [0.4, 0.5) is 5.69 Å². The summed E-state index contributed by atoms with van der Waals surface area (Å²) in [7, 11) is 0. The van der Waals surface area contributed by atoms with Crippen LogP contribution in [0.2, 0.25) is 0 Å². The standard InChI is InChI=1S/C20H33NO/c1-3-5-6-7-8-10-14-18(13-4-2)17-20(22)21-19-15-11-9-12-16-19/h9,11-12,15-16,18H,3-8,10,13-14,17H2,1-2H3,(H,21,22). The van der Waals surface area contributed by atoms with Crippen molar-refractivity contribution in [3.63, 3.8) is 0 Å². The monoisotopic (exact) mass is 303 g/mol. The maximum atomic E-state index is 12.2. The van der Waals surface area contributed by atoms with Crippen molar-refractivity contribution in [2.75, 3.05) is 5.32 Å². The minimum atomic E-state index is 0.163. The van der Waals surface area contributed by atoms with Gasteiger partial charge in [0.15, 0.2) is 0 Å². The molecule has 0 spiro atoms. The van der Waals surface area contributed by atoms with E-state index in [1.54, 1.807) is 0 Å². The van der Waals surface area contributed by atoms with Crippen molar-refractivity contribution in [2.24, 2.45) is 5.92 Å². The Morgan fingerprint density at radius 3 is 2.27 bits per heavy atom. The maximum absolute atomic E-state index is 12.2. The van der Waals surface area contributed by atoms with E-state index in [2.05, 4.69) is 19.2 Å². The molecule has 1 aromatic rings. The molecule has 0 heterocycles. The smallest absolute Gasteiger partial charge is 0.224 e. The SMILES string of the molecule is CCCCCCCCC(CCC)CC(=O)Nc1ccccc1. The van der Waals surface area contributed by atoms with Crippen molar-refractivity contribution >= 4 is 11.6 Å². The molecule has 0 aromatic heterocycles. The Bertz CT molecular complexity index is 388. The first-order valence-corrected chi connectivity index (χ1v) is 9.11. The van der Waals surface area contributed by atoms with Crippen molar-refractivity contribution in [3.8, 4) is 0 Å². The van der Waals surface area contributed by atoms with Crippen LogP contribution in [0.3, 0.4) is 0 Å². The molecule has 22 heavy (non-hydrogen) atoms. The van der Waals surface area contributed by atoms with Crippen LogP contribution in [0.1, 0.15) is 78.1 Å². The lowest BCUT2D eigenvalue weighted by Crippen LogP contribution is -2.16. The van der Waals surface area contributed by atoms with Crippen molar-refractivity contribution in [2.45, 2.75) is 78.1 Å². The van der Waals surface area contributed by atoms with Gasteiger partial charge in [-0.15, -0.1) is 0 Å². The second kappa shape index (κ2) is 12.3. The Morgan fingerprint density at radius 1 is 0.909 bits per heavy atom. The second-order valence-electron chi connectivity index (χ2n) is 6.33. The highest BCUT2D eigenvalue weighted by Crippen LogP contribution is 2.21. The number of benzene rings is 1. The third kappa shape index (κ3) is 8.86. The predicted molar refractivity (Wildman–Crippen MR) is 96.1 cm³/mol. The van der Waals surface area contributed by atoms with E-state index in [0.717, 1.165) is 12.1 Å². The molecule has 0 aliphatic heterocycles. The lowest BCUT2D eigenvalue weighted by atomic mass is 9.92. The van der Waals surface area contributed by atoms with Gasteiger partial charge in [0.1, 0.15) is 0 Å². The normalized spacial score (nSPS) is 12.1. The highest BCUT2D eigenvalue weighted by molar-refractivity contribution is 5.90. The first-order valence-electron chi connectivity index (χ1n) is 9.11. The molecule has 0 bridgehead atoms. The van der Waals surface area contributed by atoms with Crippen LogP contribution in [-0.4, -0.2) is 5.91 Å². The summed E-state index contributed by atoms with van der Waals surface area (Å²) in [5.41, 5.74) is 0.905. The van der Waals surface area contributed by atoms with E-state index in [1.807, 2.05) is 30.3 Å². The van der Waals surface area contributed by atoms with E-state index in [-0.39, 0.29) is 5.91 Å². The van der Waals surface area contributed by atoms with Gasteiger partial charge in [-0.05, 0) is 24.5 Å². The van der Waals surface area contributed by atoms with Gasteiger partial charge in [-0.3, -0.25) is 4.79 Å². The summed E-state index contributed by atoms with van der Waals surface area (Å²) in [6, 6.07) is 9.76. The van der Waals surface area contributed by atoms with E-state index in [9.17, 15) is 4.79 Å². The molecule has 1 unspecified atom stereocenters. The molecule has 1 aromatic carbocycles. The fourth-order valence-electron chi connectivity index (χ4n) is 2.97. The molecular weight excluding hydrogens is 270 g/mol. The summed E-state index contributed by atoms with van der Waals surface area (Å²) < 4.78 is 0. The van der Waals surface area contributed by atoms with E-state index < -0.39 is 0 Å². The van der Waals surface area contributed by atoms with E-state index >= 15 is 0 Å². The number of carbonyl (C=O) groups is 1. The molecule has 0 aliphatic rings. The van der Waals surface area contributed by atoms with Gasteiger partial charge in [0, 0.05) is 12.1 Å². The second-order valence-corrected chi connectivity index (χ2v) is 6.33. The topological polar surface area (TPSA) is 29.1 Å². The van der Waals surface area contributed by atoms with Gasteiger partial charge in [-0.2, -0.15) is 0 Å². The predicted octanol–water partition coefficient (Wildman–Crippen LogP) is 6.18. The van der Waals surface area contributed by atoms with Crippen molar-refractivity contribution in [3.05, 3.63) is 30.3 Å². The van der Waals surface area contributed by atoms with E-state index in [1.165, 1.54) is 51.4 Å². The Hall–Kier alpha value is -1.31. The van der Waals surface area contributed by atoms with Crippen molar-refractivity contribution in [1.29, 1.82) is 0 Å². The third-order valence-corrected chi connectivity index (χ3v) is 4.19. The molecule has 0 saturated carbocycles. The van der Waals surface area contributed by atoms with Gasteiger partial charge in [-0.25, -0.2) is 0 Å². The largest absolute Gasteiger partial charge is 0.326 e. The molecule has 2 heteroatoms. The van der Waals surface area contributed by atoms with Gasteiger partial charge in [0.05, 0.1) is 0 Å². The number of amides is 1. The van der Waals surface area contributed by atoms with E-state index in [0.29, 0.717) is 12.3 Å². The number of anilines is 1. The van der Waals surface area contributed by atoms with Crippen LogP contribution >= 0.6 is 0 Å². The number of hydrogen-bond acceptors (Lipinski definition) is 1. The molecule has 1 rings (SSSR count). The van der Waals surface area contributed by atoms with Crippen LogP contribution in [-0.2, 0) is 4.79 Å². The molecule has 1 atom stereocenters. The Labute approximate surface area is 136 Å². The van der Waals surface area contributed by atoms with Gasteiger partial charge < -0.3 is 5.32 Å². The molecular formula is C20H33NO. The minimum absolute atomic E-state index is 0.163. The average molecular weight is 303 g/mol. The minimum Gasteiger partial charge on any atom is -0.326 e. The fourth-order valence-corrected chi connectivity index (χ4v) is 2.97. The quantitative estimate of drug-likeness (QED) is 0.459. The van der Waals surface area contributed by atoms with Gasteiger partial charge >= 0.3 is 0 Å². The zero-order valence-electron chi connectivity index (χ0n) is 14.4. The molecule has 2 nitrogen and oxygen atoms in total. The van der Waals surface area contributed by atoms with Crippen LogP contribution in [0.15, 0.2) is 30.3 Å². The average Bonchev–Trinajstić information content (AvgIpc) is 2.51. The summed E-state index contributed by atoms with van der Waals surface area (Å²) in [5, 5.41) is 3.01. The molecule has 1 amide bonds. The van der Waals surface area contributed by atoms with Crippen molar-refractivity contribution < 1.29 is 4.79 Å². The van der Waals surface area contributed by atoms with Gasteiger partial charge in [0.25, 0.3) is 0 Å². The zero-order chi connectivity index (χ0) is 16.0. The Kier molecular flexibility index (Phi) is 10.4. The summed E-state index contributed by atoms with van der Waals surface area (Å²) in [6.45, 7) is 4.46. The van der Waals surface area contributed by atoms with Gasteiger partial charge in [0.2, 0.25) is 5.91 Å². The molecule has 1 N–H and O–H groups in total. The van der Waals surface area contributed by atoms with E-state index in [4.69, 9.17) is 0 Å². The molecule has 124 valence electrons. The summed E-state index contributed by atoms with van der Waals surface area (Å²) in [6.07, 6.45) is 12.2. The van der Waals surface area contributed by atoms with Crippen LogP contribution in [0.25, 0.3) is 0 Å². The van der Waals surface area contributed by atoms with Gasteiger partial charge in [-0.1, -0.05) is 83.4 Å². The number of hydrogen-bond donors (Lipinski definition) is 1. The van der Waals surface area contributed by atoms with Crippen LogP contribution < -0.4 is 5.32 Å². The first kappa shape index (κ1) is 18.7.